The van der Waals surface area contributed by atoms with E-state index >= 15 is 0 Å². The van der Waals surface area contributed by atoms with Crippen molar-refractivity contribution in [1.29, 1.82) is 0 Å². The van der Waals surface area contributed by atoms with Crippen LogP contribution in [0.15, 0.2) is 5.18 Å². The van der Waals surface area contributed by atoms with Crippen LogP contribution in [0.1, 0.15) is 117 Å². The number of nitrogens with zero attached hydrogens (tertiary/aromatic N) is 1. The first-order chi connectivity index (χ1) is 11.3. The van der Waals surface area contributed by atoms with Crippen molar-refractivity contribution < 1.29 is 4.74 Å². The normalized spacial score (nSPS) is 12.4. The number of rotatable bonds is 19. The summed E-state index contributed by atoms with van der Waals surface area (Å²) in [5.41, 5.74) is 0. The van der Waals surface area contributed by atoms with Crippen LogP contribution in [-0.4, -0.2) is 12.8 Å². The zero-order chi connectivity index (χ0) is 17.0. The van der Waals surface area contributed by atoms with Crippen LogP contribution in [0.4, 0.5) is 0 Å². The average molecular weight is 328 g/mol. The maximum Gasteiger partial charge on any atom is 0.189 e. The van der Waals surface area contributed by atoms with Gasteiger partial charge in [-0.15, -0.1) is 4.91 Å². The van der Waals surface area contributed by atoms with Crippen LogP contribution in [0.25, 0.3) is 0 Å². The number of hydrogen-bond donors (Lipinski definition) is 0. The molecule has 0 amide bonds. The lowest BCUT2D eigenvalue weighted by atomic mass is 10.0. The summed E-state index contributed by atoms with van der Waals surface area (Å²) in [5, 5.41) is 3.01. The Hall–Kier alpha value is -0.440. The molecule has 0 aromatic heterocycles. The molecule has 3 heteroatoms. The molecule has 0 saturated carbocycles. The van der Waals surface area contributed by atoms with Gasteiger partial charge in [0.1, 0.15) is 0 Å². The molecular weight excluding hydrogens is 286 g/mol. The van der Waals surface area contributed by atoms with Gasteiger partial charge in [-0.05, 0) is 24.9 Å². The van der Waals surface area contributed by atoms with Crippen LogP contribution in [0.3, 0.4) is 0 Å². The second-order valence-electron chi connectivity index (χ2n) is 6.75. The molecule has 138 valence electrons. The molecule has 3 nitrogen and oxygen atoms in total. The molecule has 1 atom stereocenters. The van der Waals surface area contributed by atoms with Crippen LogP contribution in [-0.2, 0) is 4.74 Å². The van der Waals surface area contributed by atoms with Gasteiger partial charge in [-0.3, -0.25) is 0 Å². The zero-order valence-corrected chi connectivity index (χ0v) is 15.9. The van der Waals surface area contributed by atoms with E-state index in [-0.39, 0.29) is 0 Å². The van der Waals surface area contributed by atoms with Gasteiger partial charge in [0.05, 0.1) is 0 Å². The Morgan fingerprint density at radius 1 is 0.652 bits per heavy atom. The van der Waals surface area contributed by atoms with Gasteiger partial charge in [-0.1, -0.05) is 96.8 Å². The monoisotopic (exact) mass is 327 g/mol. The molecular formula is C20H41NO2. The minimum atomic E-state index is -0.415. The van der Waals surface area contributed by atoms with Crippen molar-refractivity contribution in [3.8, 4) is 0 Å². The first kappa shape index (κ1) is 22.6. The standard InChI is InChI=1S/C20H41NO2/c1-3-5-6-7-8-9-10-11-12-13-14-15-16-17-18-19-20(21-22)23-4-2/h20H,3-19H2,1-2H3. The van der Waals surface area contributed by atoms with E-state index in [2.05, 4.69) is 12.1 Å². The molecule has 0 radical (unpaired) electrons. The third-order valence-corrected chi connectivity index (χ3v) is 4.53. The van der Waals surface area contributed by atoms with Gasteiger partial charge >= 0.3 is 0 Å². The van der Waals surface area contributed by atoms with E-state index < -0.39 is 6.23 Å². The van der Waals surface area contributed by atoms with E-state index in [1.165, 1.54) is 89.9 Å². The highest BCUT2D eigenvalue weighted by atomic mass is 16.5. The highest BCUT2D eigenvalue weighted by Gasteiger charge is 2.06. The molecule has 0 aliphatic heterocycles. The zero-order valence-electron chi connectivity index (χ0n) is 15.9. The molecule has 0 aliphatic rings. The Labute approximate surface area is 144 Å². The van der Waals surface area contributed by atoms with E-state index in [9.17, 15) is 4.91 Å². The van der Waals surface area contributed by atoms with E-state index in [1.807, 2.05) is 6.92 Å². The molecule has 0 aliphatic carbocycles. The average Bonchev–Trinajstić information content (AvgIpc) is 2.57. The minimum Gasteiger partial charge on any atom is -0.353 e. The summed E-state index contributed by atoms with van der Waals surface area (Å²) in [4.78, 5) is 10.5. The molecule has 0 rings (SSSR count). The van der Waals surface area contributed by atoms with Crippen molar-refractivity contribution >= 4 is 0 Å². The van der Waals surface area contributed by atoms with Crippen molar-refractivity contribution in [3.63, 3.8) is 0 Å². The number of ether oxygens (including phenoxy) is 1. The van der Waals surface area contributed by atoms with Gasteiger partial charge in [-0.25, -0.2) is 0 Å². The second kappa shape index (κ2) is 19.6. The lowest BCUT2D eigenvalue weighted by molar-refractivity contribution is 0.0602. The van der Waals surface area contributed by atoms with Gasteiger partial charge in [0, 0.05) is 6.61 Å². The molecule has 0 heterocycles. The fourth-order valence-corrected chi connectivity index (χ4v) is 3.05. The number of hydrogen-bond acceptors (Lipinski definition) is 3. The first-order valence-electron chi connectivity index (χ1n) is 10.3. The predicted molar refractivity (Wildman–Crippen MR) is 101 cm³/mol. The topological polar surface area (TPSA) is 38.7 Å². The van der Waals surface area contributed by atoms with Crippen LogP contribution in [0.5, 0.6) is 0 Å². The van der Waals surface area contributed by atoms with Crippen LogP contribution >= 0.6 is 0 Å². The van der Waals surface area contributed by atoms with E-state index in [0.29, 0.717) is 6.61 Å². The Kier molecular flexibility index (Phi) is 19.2. The van der Waals surface area contributed by atoms with Gasteiger partial charge in [-0.2, -0.15) is 0 Å². The summed E-state index contributed by atoms with van der Waals surface area (Å²) in [6, 6.07) is 0. The third kappa shape index (κ3) is 17.7. The van der Waals surface area contributed by atoms with E-state index in [1.54, 1.807) is 0 Å². The van der Waals surface area contributed by atoms with Crippen molar-refractivity contribution in [3.05, 3.63) is 4.91 Å². The maximum absolute atomic E-state index is 10.5. The summed E-state index contributed by atoms with van der Waals surface area (Å²) < 4.78 is 5.23. The van der Waals surface area contributed by atoms with Crippen molar-refractivity contribution in [2.45, 2.75) is 123 Å². The highest BCUT2D eigenvalue weighted by Crippen LogP contribution is 2.14. The lowest BCUT2D eigenvalue weighted by Crippen LogP contribution is -2.08. The minimum absolute atomic E-state index is 0.415. The third-order valence-electron chi connectivity index (χ3n) is 4.53. The second-order valence-corrected chi connectivity index (χ2v) is 6.75. The maximum atomic E-state index is 10.5. The Morgan fingerprint density at radius 2 is 1.04 bits per heavy atom. The Balaban J connectivity index is 3.09. The summed E-state index contributed by atoms with van der Waals surface area (Å²) >= 11 is 0. The fraction of sp³-hybridized carbons (Fsp3) is 1.00. The van der Waals surface area contributed by atoms with Crippen molar-refractivity contribution in [2.75, 3.05) is 6.61 Å². The van der Waals surface area contributed by atoms with Crippen molar-refractivity contribution in [2.24, 2.45) is 5.18 Å². The molecule has 1 unspecified atom stereocenters. The molecule has 0 saturated heterocycles. The van der Waals surface area contributed by atoms with Gasteiger partial charge in [0.25, 0.3) is 0 Å². The molecule has 0 fully saturated rings. The Bertz CT molecular complexity index is 234. The van der Waals surface area contributed by atoms with Crippen LogP contribution < -0.4 is 0 Å². The van der Waals surface area contributed by atoms with Crippen LogP contribution in [0, 0.1) is 4.91 Å². The summed E-state index contributed by atoms with van der Waals surface area (Å²) in [7, 11) is 0. The van der Waals surface area contributed by atoms with Crippen LogP contribution in [0.2, 0.25) is 0 Å². The Morgan fingerprint density at radius 3 is 1.39 bits per heavy atom. The van der Waals surface area contributed by atoms with E-state index in [4.69, 9.17) is 4.74 Å². The fourth-order valence-electron chi connectivity index (χ4n) is 3.05. The SMILES string of the molecule is CCCCCCCCCCCCCCCCCC(N=O)OCC. The molecule has 0 aromatic carbocycles. The van der Waals surface area contributed by atoms with E-state index in [0.717, 1.165) is 12.8 Å². The first-order valence-corrected chi connectivity index (χ1v) is 10.3. The molecule has 0 bridgehead atoms. The lowest BCUT2D eigenvalue weighted by Gasteiger charge is -2.08. The number of unbranched alkanes of at least 4 members (excludes halogenated alkanes) is 14. The van der Waals surface area contributed by atoms with Crippen molar-refractivity contribution in [1.82, 2.24) is 0 Å². The smallest absolute Gasteiger partial charge is 0.189 e. The van der Waals surface area contributed by atoms with Gasteiger partial charge < -0.3 is 4.74 Å². The molecule has 0 N–H and O–H groups in total. The summed E-state index contributed by atoms with van der Waals surface area (Å²) in [6.45, 7) is 4.76. The highest BCUT2D eigenvalue weighted by molar-refractivity contribution is 4.55. The predicted octanol–water partition coefficient (Wildman–Crippen LogP) is 7.38. The molecule has 23 heavy (non-hydrogen) atoms. The number of nitroso groups, excluding NO2 is 1. The van der Waals surface area contributed by atoms with Gasteiger partial charge in [0.2, 0.25) is 0 Å². The van der Waals surface area contributed by atoms with Gasteiger partial charge in [0.15, 0.2) is 6.23 Å². The quantitative estimate of drug-likeness (QED) is 0.183. The summed E-state index contributed by atoms with van der Waals surface area (Å²) in [5.74, 6) is 0. The molecule has 0 aromatic rings. The summed E-state index contributed by atoms with van der Waals surface area (Å²) in [6.07, 6.45) is 20.8. The largest absolute Gasteiger partial charge is 0.353 e. The molecule has 0 spiro atoms.